The van der Waals surface area contributed by atoms with E-state index in [1.807, 2.05) is 38.3 Å². The predicted molar refractivity (Wildman–Crippen MR) is 95.3 cm³/mol. The smallest absolute Gasteiger partial charge is 0.268 e. The third-order valence-corrected chi connectivity index (χ3v) is 4.27. The van der Waals surface area contributed by atoms with Crippen molar-refractivity contribution < 1.29 is 9.32 Å². The minimum absolute atomic E-state index is 0.00332. The molecular weight excluding hydrogens is 340 g/mol. The molecule has 0 aliphatic carbocycles. The highest BCUT2D eigenvalue weighted by Crippen LogP contribution is 2.32. The van der Waals surface area contributed by atoms with E-state index in [-0.39, 0.29) is 24.1 Å². The van der Waals surface area contributed by atoms with E-state index in [9.17, 15) is 9.59 Å². The Kier molecular flexibility index (Phi) is 4.80. The molecule has 0 aromatic carbocycles. The van der Waals surface area contributed by atoms with Crippen LogP contribution in [0.1, 0.15) is 19.5 Å². The number of hydrogen-bond acceptors (Lipinski definition) is 6. The van der Waals surface area contributed by atoms with Crippen LogP contribution in [0.5, 0.6) is 0 Å². The largest absolute Gasteiger partial charge is 0.356 e. The van der Waals surface area contributed by atoms with E-state index in [2.05, 4.69) is 15.6 Å². The molecule has 25 heavy (non-hydrogen) atoms. The maximum absolute atomic E-state index is 12.4. The molecule has 0 fully saturated rings. The fourth-order valence-electron chi connectivity index (χ4n) is 2.38. The van der Waals surface area contributed by atoms with E-state index < -0.39 is 0 Å². The first-order chi connectivity index (χ1) is 11.9. The number of nitrogens with zero attached hydrogens (tertiary/aromatic N) is 3. The Labute approximate surface area is 148 Å². The Morgan fingerprint density at radius 2 is 2.20 bits per heavy atom. The Morgan fingerprint density at radius 1 is 1.40 bits per heavy atom. The molecule has 0 unspecified atom stereocenters. The van der Waals surface area contributed by atoms with E-state index in [1.165, 1.54) is 22.1 Å². The van der Waals surface area contributed by atoms with Gasteiger partial charge in [0.05, 0.1) is 16.1 Å². The van der Waals surface area contributed by atoms with Crippen molar-refractivity contribution in [2.24, 2.45) is 0 Å². The minimum atomic E-state index is -0.372. The summed E-state index contributed by atoms with van der Waals surface area (Å²) in [5, 5.41) is 13.0. The molecule has 1 N–H and O–H groups in total. The van der Waals surface area contributed by atoms with Crippen LogP contribution in [0.25, 0.3) is 21.9 Å². The summed E-state index contributed by atoms with van der Waals surface area (Å²) in [4.78, 5) is 25.3. The molecule has 0 radical (unpaired) electrons. The van der Waals surface area contributed by atoms with E-state index in [0.717, 1.165) is 4.88 Å². The van der Waals surface area contributed by atoms with Crippen molar-refractivity contribution in [2.45, 2.75) is 33.4 Å². The number of hydrogen-bond donors (Lipinski definition) is 1. The number of nitrogens with one attached hydrogen (secondary N) is 1. The number of aryl methyl sites for hydroxylation is 1. The molecule has 0 saturated heterocycles. The second kappa shape index (κ2) is 7.02. The van der Waals surface area contributed by atoms with Gasteiger partial charge in [-0.2, -0.15) is 5.10 Å². The van der Waals surface area contributed by atoms with Crippen molar-refractivity contribution in [1.82, 2.24) is 20.3 Å². The molecule has 0 atom stereocenters. The fourth-order valence-corrected chi connectivity index (χ4v) is 3.10. The first kappa shape index (κ1) is 17.1. The molecule has 0 aliphatic heterocycles. The van der Waals surface area contributed by atoms with Crippen molar-refractivity contribution in [1.29, 1.82) is 0 Å². The highest BCUT2D eigenvalue weighted by molar-refractivity contribution is 7.13. The van der Waals surface area contributed by atoms with Gasteiger partial charge in [-0.25, -0.2) is 4.68 Å². The predicted octanol–water partition coefficient (Wildman–Crippen LogP) is 2.46. The van der Waals surface area contributed by atoms with Crippen molar-refractivity contribution >= 4 is 17.2 Å². The van der Waals surface area contributed by atoms with E-state index in [1.54, 1.807) is 6.07 Å². The Bertz CT molecular complexity index is 941. The van der Waals surface area contributed by atoms with Gasteiger partial charge in [-0.15, -0.1) is 11.3 Å². The average molecular weight is 358 g/mol. The first-order valence-corrected chi connectivity index (χ1v) is 8.71. The standard InChI is InChI=1S/C17H18N4O3S/c1-10(2)18-15(22)9-21-16(23)8-12(13-7-11(3)20-24-13)17(19-21)14-5-4-6-25-14/h4-8,10H,9H2,1-3H3,(H,18,22). The second-order valence-electron chi connectivity index (χ2n) is 5.93. The molecule has 0 bridgehead atoms. The zero-order chi connectivity index (χ0) is 18.0. The van der Waals surface area contributed by atoms with Gasteiger partial charge in [0.25, 0.3) is 5.56 Å². The number of aromatic nitrogens is 3. The molecule has 7 nitrogen and oxygen atoms in total. The number of carbonyl (C=O) groups excluding carboxylic acids is 1. The molecule has 0 aliphatic rings. The van der Waals surface area contributed by atoms with E-state index in [0.29, 0.717) is 22.7 Å². The summed E-state index contributed by atoms with van der Waals surface area (Å²) in [6, 6.07) is 6.99. The van der Waals surface area contributed by atoms with Crippen molar-refractivity contribution in [3.8, 4) is 21.9 Å². The van der Waals surface area contributed by atoms with Crippen molar-refractivity contribution in [3.05, 3.63) is 45.7 Å². The van der Waals surface area contributed by atoms with Crippen LogP contribution in [0.3, 0.4) is 0 Å². The van der Waals surface area contributed by atoms with E-state index >= 15 is 0 Å². The summed E-state index contributed by atoms with van der Waals surface area (Å²) in [5.41, 5.74) is 1.49. The number of rotatable bonds is 5. The van der Waals surface area contributed by atoms with Gasteiger partial charge >= 0.3 is 0 Å². The van der Waals surface area contributed by atoms with Gasteiger partial charge in [-0.1, -0.05) is 11.2 Å². The monoisotopic (exact) mass is 358 g/mol. The lowest BCUT2D eigenvalue weighted by Crippen LogP contribution is -2.37. The van der Waals surface area contributed by atoms with E-state index in [4.69, 9.17) is 4.52 Å². The van der Waals surface area contributed by atoms with Crippen LogP contribution in [-0.2, 0) is 11.3 Å². The molecule has 0 saturated carbocycles. The van der Waals surface area contributed by atoms with Crippen molar-refractivity contribution in [3.63, 3.8) is 0 Å². The highest BCUT2D eigenvalue weighted by atomic mass is 32.1. The van der Waals surface area contributed by atoms with Gasteiger partial charge in [0.2, 0.25) is 5.91 Å². The number of amides is 1. The van der Waals surface area contributed by atoms with Gasteiger partial charge in [0.1, 0.15) is 12.2 Å². The quantitative estimate of drug-likeness (QED) is 0.757. The zero-order valence-electron chi connectivity index (χ0n) is 14.1. The van der Waals surface area contributed by atoms with Gasteiger partial charge in [0.15, 0.2) is 5.76 Å². The Hall–Kier alpha value is -2.74. The van der Waals surface area contributed by atoms with Gasteiger partial charge in [0, 0.05) is 18.2 Å². The second-order valence-corrected chi connectivity index (χ2v) is 6.88. The van der Waals surface area contributed by atoms with Crippen LogP contribution in [0.2, 0.25) is 0 Å². The third kappa shape index (κ3) is 3.85. The van der Waals surface area contributed by atoms with Gasteiger partial charge in [-0.3, -0.25) is 9.59 Å². The normalized spacial score (nSPS) is 11.0. The minimum Gasteiger partial charge on any atom is -0.356 e. The summed E-state index contributed by atoms with van der Waals surface area (Å²) in [7, 11) is 0. The molecule has 0 spiro atoms. The number of carbonyl (C=O) groups is 1. The maximum atomic E-state index is 12.4. The molecule has 1 amide bonds. The first-order valence-electron chi connectivity index (χ1n) is 7.83. The number of thiophene rings is 1. The summed E-state index contributed by atoms with van der Waals surface area (Å²) in [5.74, 6) is 0.217. The Balaban J connectivity index is 2.07. The fraction of sp³-hybridized carbons (Fsp3) is 0.294. The van der Waals surface area contributed by atoms with Crippen LogP contribution < -0.4 is 10.9 Å². The summed E-state index contributed by atoms with van der Waals surface area (Å²) in [6.45, 7) is 5.40. The molecule has 8 heteroatoms. The third-order valence-electron chi connectivity index (χ3n) is 3.39. The van der Waals surface area contributed by atoms with Crippen LogP contribution >= 0.6 is 11.3 Å². The Morgan fingerprint density at radius 3 is 2.80 bits per heavy atom. The molecule has 3 heterocycles. The van der Waals surface area contributed by atoms with Crippen LogP contribution in [-0.4, -0.2) is 26.9 Å². The maximum Gasteiger partial charge on any atom is 0.268 e. The van der Waals surface area contributed by atoms with Crippen molar-refractivity contribution in [2.75, 3.05) is 0 Å². The SMILES string of the molecule is Cc1cc(-c2cc(=O)n(CC(=O)NC(C)C)nc2-c2cccs2)on1. The lowest BCUT2D eigenvalue weighted by Gasteiger charge is -2.11. The zero-order valence-corrected chi connectivity index (χ0v) is 15.0. The highest BCUT2D eigenvalue weighted by Gasteiger charge is 2.18. The lowest BCUT2D eigenvalue weighted by atomic mass is 10.1. The van der Waals surface area contributed by atoms with Gasteiger partial charge in [-0.05, 0) is 32.2 Å². The van der Waals surface area contributed by atoms with Crippen LogP contribution in [0, 0.1) is 6.92 Å². The molecule has 130 valence electrons. The molecule has 3 aromatic heterocycles. The summed E-state index contributed by atoms with van der Waals surface area (Å²) < 4.78 is 6.47. The molecule has 3 aromatic rings. The van der Waals surface area contributed by atoms with Crippen LogP contribution in [0.4, 0.5) is 0 Å². The van der Waals surface area contributed by atoms with Gasteiger partial charge < -0.3 is 9.84 Å². The molecule has 3 rings (SSSR count). The summed E-state index contributed by atoms with van der Waals surface area (Å²) >= 11 is 1.50. The summed E-state index contributed by atoms with van der Waals surface area (Å²) in [6.07, 6.45) is 0. The molecular formula is C17H18N4O3S. The average Bonchev–Trinajstić information content (AvgIpc) is 3.19. The lowest BCUT2D eigenvalue weighted by molar-refractivity contribution is -0.122. The van der Waals surface area contributed by atoms with Crippen LogP contribution in [0.15, 0.2) is 39.0 Å². The topological polar surface area (TPSA) is 90.0 Å².